The number of hydrogen-bond donors (Lipinski definition) is 0. The molecule has 0 saturated carbocycles. The Hall–Kier alpha value is 0.130. The molecule has 17 heavy (non-hydrogen) atoms. The molecule has 3 nitrogen and oxygen atoms in total. The highest BCUT2D eigenvalue weighted by molar-refractivity contribution is 9.10. The van der Waals surface area contributed by atoms with Gasteiger partial charge < -0.3 is 4.74 Å². The van der Waals surface area contributed by atoms with Crippen LogP contribution in [-0.2, 0) is 24.6 Å². The Morgan fingerprint density at radius 1 is 1.53 bits per heavy atom. The Morgan fingerprint density at radius 3 is 2.88 bits per heavy atom. The Kier molecular flexibility index (Phi) is 4.66. The zero-order valence-corrected chi connectivity index (χ0v) is 13.4. The zero-order valence-electron chi connectivity index (χ0n) is 10.2. The average Bonchev–Trinajstić information content (AvgIpc) is 2.59. The van der Waals surface area contributed by atoms with Crippen molar-refractivity contribution in [3.05, 3.63) is 15.9 Å². The van der Waals surface area contributed by atoms with Gasteiger partial charge in [-0.2, -0.15) is 5.10 Å². The van der Waals surface area contributed by atoms with E-state index >= 15 is 0 Å². The van der Waals surface area contributed by atoms with Crippen molar-refractivity contribution in [3.63, 3.8) is 0 Å². The highest BCUT2D eigenvalue weighted by Gasteiger charge is 2.26. The Morgan fingerprint density at radius 2 is 2.29 bits per heavy atom. The first kappa shape index (κ1) is 13.6. The molecule has 96 valence electrons. The molecule has 1 aliphatic heterocycles. The normalized spacial score (nSPS) is 25.2. The second-order valence-electron chi connectivity index (χ2n) is 4.53. The van der Waals surface area contributed by atoms with E-state index in [0.29, 0.717) is 10.7 Å². The minimum Gasteiger partial charge on any atom is -0.381 e. The van der Waals surface area contributed by atoms with Gasteiger partial charge in [0.25, 0.3) is 0 Å². The molecule has 0 radical (unpaired) electrons. The molecule has 1 aromatic heterocycles. The van der Waals surface area contributed by atoms with Crippen LogP contribution in [0.4, 0.5) is 0 Å². The number of nitrogens with zero attached hydrogens (tertiary/aromatic N) is 2. The number of aryl methyl sites for hydroxylation is 2. The van der Waals surface area contributed by atoms with E-state index in [1.807, 2.05) is 11.7 Å². The predicted molar refractivity (Wildman–Crippen MR) is 75.6 cm³/mol. The van der Waals surface area contributed by atoms with Gasteiger partial charge in [0.15, 0.2) is 0 Å². The van der Waals surface area contributed by atoms with Gasteiger partial charge in [0.05, 0.1) is 22.5 Å². The molecule has 1 fully saturated rings. The maximum Gasteiger partial charge on any atom is 0.0766 e. The van der Waals surface area contributed by atoms with E-state index in [1.165, 1.54) is 10.2 Å². The van der Waals surface area contributed by atoms with E-state index in [9.17, 15) is 0 Å². The van der Waals surface area contributed by atoms with Crippen molar-refractivity contribution in [2.75, 3.05) is 13.2 Å². The maximum absolute atomic E-state index is 5.56. The van der Waals surface area contributed by atoms with Crippen molar-refractivity contribution in [2.24, 2.45) is 13.0 Å². The van der Waals surface area contributed by atoms with Gasteiger partial charge in [-0.1, -0.05) is 22.9 Å². The summed E-state index contributed by atoms with van der Waals surface area (Å²) < 4.78 is 8.73. The van der Waals surface area contributed by atoms with Crippen LogP contribution in [0.2, 0.25) is 0 Å². The third kappa shape index (κ3) is 2.93. The third-order valence-corrected chi connectivity index (χ3v) is 5.46. The fourth-order valence-electron chi connectivity index (χ4n) is 2.25. The van der Waals surface area contributed by atoms with Crippen LogP contribution < -0.4 is 0 Å². The lowest BCUT2D eigenvalue weighted by Gasteiger charge is -2.27. The molecule has 0 amide bonds. The van der Waals surface area contributed by atoms with E-state index in [1.54, 1.807) is 0 Å². The number of alkyl halides is 1. The Bertz CT molecular complexity index is 392. The van der Waals surface area contributed by atoms with Crippen LogP contribution in [-0.4, -0.2) is 27.8 Å². The van der Waals surface area contributed by atoms with Crippen molar-refractivity contribution < 1.29 is 4.74 Å². The SMILES string of the molecule is CCc1nn(C)c(CC2COCCC2Br)c1Br. The average molecular weight is 366 g/mol. The highest BCUT2D eigenvalue weighted by atomic mass is 79.9. The molecule has 0 aromatic carbocycles. The first-order valence-corrected chi connectivity index (χ1v) is 7.76. The summed E-state index contributed by atoms with van der Waals surface area (Å²) in [5, 5.41) is 4.53. The monoisotopic (exact) mass is 364 g/mol. The molecule has 5 heteroatoms. The first-order chi connectivity index (χ1) is 8.13. The predicted octanol–water partition coefficient (Wildman–Crippen LogP) is 3.09. The second-order valence-corrected chi connectivity index (χ2v) is 6.50. The van der Waals surface area contributed by atoms with E-state index in [0.717, 1.165) is 38.2 Å². The van der Waals surface area contributed by atoms with Crippen molar-refractivity contribution >= 4 is 31.9 Å². The van der Waals surface area contributed by atoms with E-state index in [4.69, 9.17) is 4.74 Å². The van der Waals surface area contributed by atoms with Gasteiger partial charge in [0, 0.05) is 24.4 Å². The van der Waals surface area contributed by atoms with Crippen LogP contribution in [0.3, 0.4) is 0 Å². The molecule has 0 N–H and O–H groups in total. The number of halogens is 2. The maximum atomic E-state index is 5.56. The van der Waals surface area contributed by atoms with Crippen LogP contribution in [0.15, 0.2) is 4.47 Å². The molecule has 2 atom stereocenters. The van der Waals surface area contributed by atoms with Crippen LogP contribution in [0.5, 0.6) is 0 Å². The van der Waals surface area contributed by atoms with Gasteiger partial charge >= 0.3 is 0 Å². The van der Waals surface area contributed by atoms with Gasteiger partial charge in [0.1, 0.15) is 0 Å². The van der Waals surface area contributed by atoms with E-state index < -0.39 is 0 Å². The summed E-state index contributed by atoms with van der Waals surface area (Å²) in [6.07, 6.45) is 3.08. The summed E-state index contributed by atoms with van der Waals surface area (Å²) in [5.74, 6) is 0.542. The molecule has 0 aliphatic carbocycles. The minimum absolute atomic E-state index is 0.542. The summed E-state index contributed by atoms with van der Waals surface area (Å²) in [6.45, 7) is 3.85. The standard InChI is InChI=1S/C12H18Br2N2O/c1-3-10-12(14)11(16(2)15-10)6-8-7-17-5-4-9(8)13/h8-9H,3-7H2,1-2H3. The second kappa shape index (κ2) is 5.85. The summed E-state index contributed by atoms with van der Waals surface area (Å²) in [5.41, 5.74) is 2.42. The fourth-order valence-corrected chi connectivity index (χ4v) is 3.55. The Balaban J connectivity index is 2.14. The fraction of sp³-hybridized carbons (Fsp3) is 0.750. The molecule has 2 heterocycles. The molecule has 2 rings (SSSR count). The highest BCUT2D eigenvalue weighted by Crippen LogP contribution is 2.29. The minimum atomic E-state index is 0.542. The summed E-state index contributed by atoms with van der Waals surface area (Å²) in [7, 11) is 2.02. The first-order valence-electron chi connectivity index (χ1n) is 6.05. The molecule has 1 aromatic rings. The summed E-state index contributed by atoms with van der Waals surface area (Å²) in [4.78, 5) is 0.558. The van der Waals surface area contributed by atoms with Gasteiger partial charge in [0.2, 0.25) is 0 Å². The van der Waals surface area contributed by atoms with Crippen molar-refractivity contribution in [2.45, 2.75) is 31.0 Å². The smallest absolute Gasteiger partial charge is 0.0766 e. The molecular weight excluding hydrogens is 348 g/mol. The van der Waals surface area contributed by atoms with E-state index in [2.05, 4.69) is 43.9 Å². The molecular formula is C12H18Br2N2O. The van der Waals surface area contributed by atoms with Crippen molar-refractivity contribution in [1.29, 1.82) is 0 Å². The summed E-state index contributed by atoms with van der Waals surface area (Å²) >= 11 is 7.43. The van der Waals surface area contributed by atoms with E-state index in [-0.39, 0.29) is 0 Å². The van der Waals surface area contributed by atoms with Gasteiger partial charge in [-0.25, -0.2) is 0 Å². The lowest BCUT2D eigenvalue weighted by molar-refractivity contribution is 0.0598. The largest absolute Gasteiger partial charge is 0.381 e. The number of rotatable bonds is 3. The number of aromatic nitrogens is 2. The molecule has 1 aliphatic rings. The topological polar surface area (TPSA) is 27.1 Å². The van der Waals surface area contributed by atoms with Crippen LogP contribution in [0.25, 0.3) is 0 Å². The Labute approximate surface area is 119 Å². The zero-order chi connectivity index (χ0) is 12.4. The molecule has 2 unspecified atom stereocenters. The van der Waals surface area contributed by atoms with Gasteiger partial charge in [-0.15, -0.1) is 0 Å². The van der Waals surface area contributed by atoms with Crippen molar-refractivity contribution in [3.8, 4) is 0 Å². The van der Waals surface area contributed by atoms with Crippen molar-refractivity contribution in [1.82, 2.24) is 9.78 Å². The number of ether oxygens (including phenoxy) is 1. The number of hydrogen-bond acceptors (Lipinski definition) is 2. The molecule has 1 saturated heterocycles. The molecule has 0 spiro atoms. The lowest BCUT2D eigenvalue weighted by atomic mass is 9.96. The van der Waals surface area contributed by atoms with Crippen LogP contribution in [0, 0.1) is 5.92 Å². The van der Waals surface area contributed by atoms with Gasteiger partial charge in [-0.3, -0.25) is 4.68 Å². The van der Waals surface area contributed by atoms with Crippen LogP contribution in [0.1, 0.15) is 24.7 Å². The quantitative estimate of drug-likeness (QED) is 0.769. The third-order valence-electron chi connectivity index (χ3n) is 3.34. The molecule has 0 bridgehead atoms. The lowest BCUT2D eigenvalue weighted by Crippen LogP contribution is -2.30. The van der Waals surface area contributed by atoms with Crippen LogP contribution >= 0.6 is 31.9 Å². The summed E-state index contributed by atoms with van der Waals surface area (Å²) in [6, 6.07) is 0. The van der Waals surface area contributed by atoms with Gasteiger partial charge in [-0.05, 0) is 35.2 Å².